The Balaban J connectivity index is 0. The predicted molar refractivity (Wildman–Crippen MR) is 148 cm³/mol. The molecule has 0 fully saturated rings. The van der Waals surface area contributed by atoms with Crippen LogP contribution in [-0.2, 0) is 29.2 Å². The molecule has 1 unspecified atom stereocenters. The summed E-state index contributed by atoms with van der Waals surface area (Å²) < 4.78 is 43.2. The zero-order chi connectivity index (χ0) is 27.8. The first-order valence-corrected chi connectivity index (χ1v) is 16.4. The van der Waals surface area contributed by atoms with E-state index in [0.29, 0.717) is 12.8 Å². The van der Waals surface area contributed by atoms with E-state index < -0.39 is 33.2 Å². The molecule has 1 atom stereocenters. The predicted octanol–water partition coefficient (Wildman–Crippen LogP) is 4.61. The zero-order valence-corrected chi connectivity index (χ0v) is 27.8. The largest absolute Gasteiger partial charge is 1.00 e. The van der Waals surface area contributed by atoms with Gasteiger partial charge < -0.3 is 14.0 Å². The Morgan fingerprint density at radius 2 is 0.921 bits per heavy atom. The van der Waals surface area contributed by atoms with E-state index in [-0.39, 0.29) is 42.8 Å². The van der Waals surface area contributed by atoms with E-state index in [1.54, 1.807) is 0 Å². The maximum Gasteiger partial charge on any atom is 1.00 e. The molecular weight excluding hydrogens is 515 g/mol. The van der Waals surface area contributed by atoms with Gasteiger partial charge in [0.2, 0.25) is 0 Å². The second kappa shape index (κ2) is 25.8. The van der Waals surface area contributed by atoms with Gasteiger partial charge >= 0.3 is 41.5 Å². The molecule has 220 valence electrons. The van der Waals surface area contributed by atoms with Crippen LogP contribution in [0.2, 0.25) is 0 Å². The van der Waals surface area contributed by atoms with Gasteiger partial charge in [0.15, 0.2) is 4.75 Å². The summed E-state index contributed by atoms with van der Waals surface area (Å²) in [5, 5.41) is 0. The fraction of sp³-hybridized carbons (Fsp3) is 0.931. The number of carbonyl (C=O) groups is 2. The van der Waals surface area contributed by atoms with E-state index in [4.69, 9.17) is 9.47 Å². The van der Waals surface area contributed by atoms with Crippen LogP contribution >= 0.6 is 0 Å². The Labute approximate surface area is 256 Å². The van der Waals surface area contributed by atoms with Crippen molar-refractivity contribution in [3.63, 3.8) is 0 Å². The van der Waals surface area contributed by atoms with Gasteiger partial charge in [0, 0.05) is 0 Å². The average Bonchev–Trinajstić information content (AvgIpc) is 2.84. The normalized spacial score (nSPS) is 12.9. The summed E-state index contributed by atoms with van der Waals surface area (Å²) in [5.74, 6) is -2.04. The van der Waals surface area contributed by atoms with Gasteiger partial charge in [0.05, 0.1) is 19.6 Å². The van der Waals surface area contributed by atoms with Crippen LogP contribution in [0, 0.1) is 0 Å². The zero-order valence-electron chi connectivity index (χ0n) is 25.0. The molecular formula is C29H55NaO7S. The summed E-state index contributed by atoms with van der Waals surface area (Å²) in [4.78, 5) is 24.7. The quantitative estimate of drug-likeness (QED) is 0.0646. The Bertz CT molecular complexity index is 684. The van der Waals surface area contributed by atoms with Crippen LogP contribution in [-0.4, -0.2) is 42.9 Å². The molecule has 0 aromatic carbocycles. The summed E-state index contributed by atoms with van der Waals surface area (Å²) in [6, 6.07) is 0. The fourth-order valence-electron chi connectivity index (χ4n) is 4.27. The molecule has 0 amide bonds. The molecule has 0 bridgehead atoms. The second-order valence-corrected chi connectivity index (χ2v) is 12.4. The summed E-state index contributed by atoms with van der Waals surface area (Å²) >= 11 is 0. The Kier molecular flexibility index (Phi) is 27.1. The molecule has 0 aromatic rings. The minimum absolute atomic E-state index is 0. The van der Waals surface area contributed by atoms with Crippen LogP contribution in [0.5, 0.6) is 0 Å². The van der Waals surface area contributed by atoms with Gasteiger partial charge in [-0.15, -0.1) is 0 Å². The smallest absolute Gasteiger partial charge is 0.747 e. The van der Waals surface area contributed by atoms with Crippen molar-refractivity contribution in [1.82, 2.24) is 0 Å². The van der Waals surface area contributed by atoms with E-state index in [0.717, 1.165) is 45.4 Å². The van der Waals surface area contributed by atoms with E-state index in [9.17, 15) is 22.6 Å². The molecule has 0 aliphatic rings. The fourth-order valence-corrected chi connectivity index (χ4v) is 4.83. The van der Waals surface area contributed by atoms with Crippen molar-refractivity contribution in [2.75, 3.05) is 13.2 Å². The molecule has 7 nitrogen and oxygen atoms in total. The minimum atomic E-state index is -5.10. The molecule has 0 aliphatic heterocycles. The molecule has 0 saturated heterocycles. The van der Waals surface area contributed by atoms with E-state index in [1.165, 1.54) is 77.0 Å². The van der Waals surface area contributed by atoms with Crippen molar-refractivity contribution < 1.29 is 61.6 Å². The molecule has 0 saturated carbocycles. The van der Waals surface area contributed by atoms with E-state index in [2.05, 4.69) is 13.8 Å². The van der Waals surface area contributed by atoms with Crippen LogP contribution in [0.15, 0.2) is 0 Å². The number of unbranched alkanes of at least 4 members (excludes halogenated alkanes) is 18. The molecule has 0 N–H and O–H groups in total. The van der Waals surface area contributed by atoms with Crippen molar-refractivity contribution in [2.24, 2.45) is 0 Å². The maximum atomic E-state index is 12.5. The van der Waals surface area contributed by atoms with Gasteiger partial charge in [-0.2, -0.15) is 0 Å². The van der Waals surface area contributed by atoms with Gasteiger partial charge in [0.1, 0.15) is 10.1 Å². The SMILES string of the molecule is CCCCCCCCCCCCOC(=O)CC(C)(C(=O)OCCCCCCCCCCCC)S(=O)(=O)[O-].[Na+]. The van der Waals surface area contributed by atoms with Crippen molar-refractivity contribution in [3.8, 4) is 0 Å². The molecule has 0 radical (unpaired) electrons. The first-order chi connectivity index (χ1) is 17.7. The molecule has 0 aliphatic carbocycles. The third-order valence-corrected chi connectivity index (χ3v) is 8.37. The third-order valence-electron chi connectivity index (χ3n) is 6.96. The van der Waals surface area contributed by atoms with Crippen LogP contribution in [0.25, 0.3) is 0 Å². The minimum Gasteiger partial charge on any atom is -0.747 e. The summed E-state index contributed by atoms with van der Waals surface area (Å²) in [7, 11) is -5.10. The van der Waals surface area contributed by atoms with Gasteiger partial charge in [-0.3, -0.25) is 9.59 Å². The number of rotatable bonds is 26. The molecule has 38 heavy (non-hydrogen) atoms. The summed E-state index contributed by atoms with van der Waals surface area (Å²) in [5.41, 5.74) is 0. The van der Waals surface area contributed by atoms with E-state index >= 15 is 0 Å². The van der Waals surface area contributed by atoms with Gasteiger partial charge in [-0.1, -0.05) is 129 Å². The standard InChI is InChI=1S/C29H56O7S.Na/c1-4-6-8-10-12-14-16-18-20-22-24-35-27(30)26-29(3,37(32,33)34)28(31)36-25-23-21-19-17-15-13-11-9-7-5-2;/h4-26H2,1-3H3,(H,32,33,34);/q;+1/p-1. The van der Waals surface area contributed by atoms with Crippen molar-refractivity contribution in [2.45, 2.75) is 160 Å². The average molecular weight is 571 g/mol. The summed E-state index contributed by atoms with van der Waals surface area (Å²) in [6.07, 6.45) is 21.7. The van der Waals surface area contributed by atoms with Crippen LogP contribution in [0.1, 0.15) is 156 Å². The number of ether oxygens (including phenoxy) is 2. The molecule has 0 aromatic heterocycles. The van der Waals surface area contributed by atoms with Gasteiger partial charge in [0.25, 0.3) is 0 Å². The molecule has 9 heteroatoms. The Morgan fingerprint density at radius 3 is 1.26 bits per heavy atom. The van der Waals surface area contributed by atoms with Gasteiger partial charge in [-0.25, -0.2) is 8.42 Å². The van der Waals surface area contributed by atoms with Crippen LogP contribution in [0.3, 0.4) is 0 Å². The van der Waals surface area contributed by atoms with Crippen LogP contribution in [0.4, 0.5) is 0 Å². The van der Waals surface area contributed by atoms with Crippen molar-refractivity contribution in [3.05, 3.63) is 0 Å². The van der Waals surface area contributed by atoms with E-state index in [1.807, 2.05) is 0 Å². The van der Waals surface area contributed by atoms with Gasteiger partial charge in [-0.05, 0) is 19.8 Å². The monoisotopic (exact) mass is 570 g/mol. The third kappa shape index (κ3) is 20.7. The number of hydrogen-bond acceptors (Lipinski definition) is 7. The first kappa shape index (κ1) is 40.0. The van der Waals surface area contributed by atoms with Crippen molar-refractivity contribution >= 4 is 22.1 Å². The Hall–Kier alpha value is -0.150. The molecule has 0 rings (SSSR count). The first-order valence-electron chi connectivity index (χ1n) is 15.0. The number of carbonyl (C=O) groups excluding carboxylic acids is 2. The number of esters is 2. The second-order valence-electron chi connectivity index (χ2n) is 10.6. The molecule has 0 heterocycles. The Morgan fingerprint density at radius 1 is 0.605 bits per heavy atom. The number of hydrogen-bond donors (Lipinski definition) is 0. The topological polar surface area (TPSA) is 110 Å². The summed E-state index contributed by atoms with van der Waals surface area (Å²) in [6.45, 7) is 5.55. The molecule has 0 spiro atoms. The van der Waals surface area contributed by atoms with Crippen LogP contribution < -0.4 is 29.6 Å². The van der Waals surface area contributed by atoms with Crippen molar-refractivity contribution in [1.29, 1.82) is 0 Å². The maximum absolute atomic E-state index is 12.5.